The zero-order valence-corrected chi connectivity index (χ0v) is 15.2. The van der Waals surface area contributed by atoms with Gasteiger partial charge in [0.25, 0.3) is 0 Å². The molecule has 0 unspecified atom stereocenters. The van der Waals surface area contributed by atoms with E-state index in [1.807, 2.05) is 36.4 Å². The first-order valence-electron chi connectivity index (χ1n) is 8.77. The van der Waals surface area contributed by atoms with Crippen molar-refractivity contribution in [2.75, 3.05) is 7.11 Å². The minimum absolute atomic E-state index is 0.0211. The Bertz CT molecular complexity index is 849. The minimum Gasteiger partial charge on any atom is -0.456 e. The molecule has 2 aliphatic heterocycles. The summed E-state index contributed by atoms with van der Waals surface area (Å²) in [5, 5.41) is 1.83. The maximum absolute atomic E-state index is 12.8. The molecular formula is C20H20ClNO4. The van der Waals surface area contributed by atoms with E-state index in [2.05, 4.69) is 0 Å². The summed E-state index contributed by atoms with van der Waals surface area (Å²) in [5.74, 6) is -0.365. The molecule has 5 nitrogen and oxygen atoms in total. The van der Waals surface area contributed by atoms with Gasteiger partial charge in [0.2, 0.25) is 0 Å². The van der Waals surface area contributed by atoms with Crippen molar-refractivity contribution in [1.29, 1.82) is 0 Å². The highest BCUT2D eigenvalue weighted by Gasteiger charge is 2.50. The van der Waals surface area contributed by atoms with Crippen LogP contribution in [-0.2, 0) is 9.47 Å². The van der Waals surface area contributed by atoms with E-state index >= 15 is 0 Å². The number of hydrogen-bond donors (Lipinski definition) is 0. The van der Waals surface area contributed by atoms with Crippen LogP contribution in [0.2, 0.25) is 0 Å². The highest BCUT2D eigenvalue weighted by molar-refractivity contribution is 6.20. The number of piperidine rings is 1. The van der Waals surface area contributed by atoms with Gasteiger partial charge in [0, 0.05) is 17.8 Å². The maximum atomic E-state index is 12.8. The molecule has 2 saturated heterocycles. The number of amides is 1. The molecule has 2 bridgehead atoms. The Hall–Kier alpha value is -2.27. The maximum Gasteiger partial charge on any atom is 0.410 e. The zero-order valence-electron chi connectivity index (χ0n) is 14.4. The van der Waals surface area contributed by atoms with Gasteiger partial charge in [-0.3, -0.25) is 4.90 Å². The number of rotatable bonds is 2. The smallest absolute Gasteiger partial charge is 0.410 e. The van der Waals surface area contributed by atoms with Crippen LogP contribution in [0.25, 0.3) is 10.8 Å². The monoisotopic (exact) mass is 373 g/mol. The fourth-order valence-electron chi connectivity index (χ4n) is 4.24. The second-order valence-corrected chi connectivity index (χ2v) is 7.49. The van der Waals surface area contributed by atoms with Crippen molar-refractivity contribution < 1.29 is 19.1 Å². The second kappa shape index (κ2) is 6.80. The number of nitrogens with zero attached hydrogens (tertiary/aromatic N) is 1. The molecule has 0 aliphatic carbocycles. The van der Waals surface area contributed by atoms with Crippen LogP contribution in [0.3, 0.4) is 0 Å². The summed E-state index contributed by atoms with van der Waals surface area (Å²) in [6.45, 7) is 0. The number of ether oxygens (including phenoxy) is 2. The van der Waals surface area contributed by atoms with Crippen LogP contribution in [0.15, 0.2) is 42.5 Å². The summed E-state index contributed by atoms with van der Waals surface area (Å²) in [6.07, 6.45) is 1.14. The van der Waals surface area contributed by atoms with Crippen LogP contribution in [0.4, 0.5) is 4.79 Å². The van der Waals surface area contributed by atoms with Crippen molar-refractivity contribution in [2.24, 2.45) is 0 Å². The topological polar surface area (TPSA) is 55.8 Å². The Morgan fingerprint density at radius 2 is 1.85 bits per heavy atom. The van der Waals surface area contributed by atoms with E-state index in [-0.39, 0.29) is 35.6 Å². The molecule has 4 rings (SSSR count). The lowest BCUT2D eigenvalue weighted by molar-refractivity contribution is 0.0166. The standard InChI is InChI=1S/C20H20ClNO4/c1-25-20(24)22-14-9-13(21)10-17(22)18(11-14)26-19(23)16-8-4-6-12-5-2-3-7-15(12)16/h2-8,13-14,17-18H,9-11H2,1H3/t13-,14+,17-,18+/m0/s1. The number of hydrogen-bond acceptors (Lipinski definition) is 4. The van der Waals surface area contributed by atoms with E-state index in [4.69, 9.17) is 21.1 Å². The molecule has 0 aromatic heterocycles. The Labute approximate surface area is 156 Å². The van der Waals surface area contributed by atoms with E-state index in [0.717, 1.165) is 10.8 Å². The van der Waals surface area contributed by atoms with E-state index in [1.54, 1.807) is 11.0 Å². The summed E-state index contributed by atoms with van der Waals surface area (Å²) in [4.78, 5) is 26.7. The van der Waals surface area contributed by atoms with E-state index in [1.165, 1.54) is 7.11 Å². The van der Waals surface area contributed by atoms with Crippen LogP contribution in [0.5, 0.6) is 0 Å². The number of benzene rings is 2. The Morgan fingerprint density at radius 3 is 2.65 bits per heavy atom. The van der Waals surface area contributed by atoms with E-state index < -0.39 is 0 Å². The summed E-state index contributed by atoms with van der Waals surface area (Å²) in [6, 6.07) is 13.0. The van der Waals surface area contributed by atoms with Gasteiger partial charge in [0.05, 0.1) is 18.7 Å². The first-order chi connectivity index (χ1) is 12.6. The van der Waals surface area contributed by atoms with Crippen molar-refractivity contribution in [3.05, 3.63) is 48.0 Å². The van der Waals surface area contributed by atoms with Gasteiger partial charge in [0.15, 0.2) is 0 Å². The minimum atomic E-state index is -0.382. The molecule has 0 saturated carbocycles. The quantitative estimate of drug-likeness (QED) is 0.590. The molecule has 2 fully saturated rings. The van der Waals surface area contributed by atoms with Gasteiger partial charge in [-0.2, -0.15) is 0 Å². The predicted molar refractivity (Wildman–Crippen MR) is 98.5 cm³/mol. The molecule has 0 spiro atoms. The predicted octanol–water partition coefficient (Wildman–Crippen LogP) is 3.98. The first-order valence-corrected chi connectivity index (χ1v) is 9.21. The van der Waals surface area contributed by atoms with Crippen molar-refractivity contribution in [3.63, 3.8) is 0 Å². The Kier molecular flexibility index (Phi) is 4.49. The normalized spacial score (nSPS) is 27.4. The zero-order chi connectivity index (χ0) is 18.3. The van der Waals surface area contributed by atoms with Crippen LogP contribution >= 0.6 is 11.6 Å². The first kappa shape index (κ1) is 17.2. The highest BCUT2D eigenvalue weighted by Crippen LogP contribution is 2.40. The third-order valence-electron chi connectivity index (χ3n) is 5.36. The number of carbonyl (C=O) groups excluding carboxylic acids is 2. The van der Waals surface area contributed by atoms with Crippen LogP contribution in [-0.4, -0.2) is 47.6 Å². The molecule has 1 amide bonds. The lowest BCUT2D eigenvalue weighted by Crippen LogP contribution is -2.49. The summed E-state index contributed by atoms with van der Waals surface area (Å²) < 4.78 is 10.8. The summed E-state index contributed by atoms with van der Waals surface area (Å²) >= 11 is 6.34. The average molecular weight is 374 g/mol. The fourth-order valence-corrected chi connectivity index (χ4v) is 4.63. The van der Waals surface area contributed by atoms with Crippen molar-refractivity contribution in [1.82, 2.24) is 4.90 Å². The molecule has 0 N–H and O–H groups in total. The number of alkyl halides is 1. The van der Waals surface area contributed by atoms with Gasteiger partial charge in [-0.25, -0.2) is 9.59 Å². The Morgan fingerprint density at radius 1 is 1.08 bits per heavy atom. The van der Waals surface area contributed by atoms with Crippen molar-refractivity contribution >= 4 is 34.4 Å². The van der Waals surface area contributed by atoms with Gasteiger partial charge in [-0.05, 0) is 29.7 Å². The molecule has 6 heteroatoms. The Balaban J connectivity index is 1.59. The molecule has 2 aromatic rings. The van der Waals surface area contributed by atoms with Gasteiger partial charge in [-0.15, -0.1) is 11.6 Å². The number of carbonyl (C=O) groups is 2. The number of esters is 1. The fraction of sp³-hybridized carbons (Fsp3) is 0.400. The van der Waals surface area contributed by atoms with Gasteiger partial charge < -0.3 is 9.47 Å². The molecule has 0 radical (unpaired) electrons. The van der Waals surface area contributed by atoms with E-state index in [0.29, 0.717) is 24.8 Å². The molecule has 2 aliphatic rings. The largest absolute Gasteiger partial charge is 0.456 e. The lowest BCUT2D eigenvalue weighted by Gasteiger charge is -2.36. The average Bonchev–Trinajstić information content (AvgIpc) is 2.87. The third kappa shape index (κ3) is 2.90. The molecule has 26 heavy (non-hydrogen) atoms. The van der Waals surface area contributed by atoms with Crippen molar-refractivity contribution in [3.8, 4) is 0 Å². The molecule has 2 aromatic carbocycles. The molecule has 4 atom stereocenters. The third-order valence-corrected chi connectivity index (χ3v) is 5.72. The number of fused-ring (bicyclic) bond motifs is 3. The van der Waals surface area contributed by atoms with E-state index in [9.17, 15) is 9.59 Å². The molecule has 2 heterocycles. The summed E-state index contributed by atoms with van der Waals surface area (Å²) in [7, 11) is 1.37. The number of halogens is 1. The SMILES string of the molecule is COC(=O)N1[C@@H]2C[C@H](Cl)C[C@H]1[C@H](OC(=O)c1cccc3ccccc13)C2. The summed E-state index contributed by atoms with van der Waals surface area (Å²) in [5.41, 5.74) is 0.539. The lowest BCUT2D eigenvalue weighted by atomic mass is 10.0. The van der Waals surface area contributed by atoms with Gasteiger partial charge in [0.1, 0.15) is 6.10 Å². The highest BCUT2D eigenvalue weighted by atomic mass is 35.5. The molecule has 136 valence electrons. The molecular weight excluding hydrogens is 354 g/mol. The van der Waals surface area contributed by atoms with Gasteiger partial charge >= 0.3 is 12.1 Å². The van der Waals surface area contributed by atoms with Crippen LogP contribution in [0, 0.1) is 0 Å². The van der Waals surface area contributed by atoms with Crippen molar-refractivity contribution in [2.45, 2.75) is 42.8 Å². The number of methoxy groups -OCH3 is 1. The van der Waals surface area contributed by atoms with Gasteiger partial charge in [-0.1, -0.05) is 36.4 Å². The van der Waals surface area contributed by atoms with Crippen LogP contribution < -0.4 is 0 Å². The van der Waals surface area contributed by atoms with Crippen LogP contribution in [0.1, 0.15) is 29.6 Å². The second-order valence-electron chi connectivity index (χ2n) is 6.87.